The van der Waals surface area contributed by atoms with E-state index in [4.69, 9.17) is 4.74 Å². The van der Waals surface area contributed by atoms with Gasteiger partial charge in [0.1, 0.15) is 13.6 Å². The zero-order valence-electron chi connectivity index (χ0n) is 6.98. The van der Waals surface area contributed by atoms with E-state index >= 15 is 0 Å². The van der Waals surface area contributed by atoms with Crippen molar-refractivity contribution in [2.75, 3.05) is 6.61 Å². The van der Waals surface area contributed by atoms with E-state index in [0.717, 1.165) is 18.8 Å². The Bertz CT molecular complexity index is 294. The molecule has 0 atom stereocenters. The Morgan fingerprint density at radius 3 is 3.09 bits per heavy atom. The summed E-state index contributed by atoms with van der Waals surface area (Å²) in [4.78, 5) is 0. The van der Waals surface area contributed by atoms with Crippen molar-refractivity contribution in [1.82, 2.24) is 0 Å². The summed E-state index contributed by atoms with van der Waals surface area (Å²) in [5.41, 5.74) is 3.99. The highest BCUT2D eigenvalue weighted by atomic mass is 16.5. The van der Waals surface area contributed by atoms with Gasteiger partial charge in [0.05, 0.1) is 6.61 Å². The lowest BCUT2D eigenvalue weighted by Gasteiger charge is -2.04. The van der Waals surface area contributed by atoms with Gasteiger partial charge in [0.25, 0.3) is 0 Å². The van der Waals surface area contributed by atoms with Gasteiger partial charge < -0.3 is 4.74 Å². The van der Waals surface area contributed by atoms with Crippen LogP contribution < -0.4 is 10.2 Å². The van der Waals surface area contributed by atoms with Crippen molar-refractivity contribution in [2.24, 2.45) is 0 Å². The lowest BCUT2D eigenvalue weighted by Crippen LogP contribution is -2.03. The molecule has 0 bridgehead atoms. The maximum absolute atomic E-state index is 5.48. The Hall–Kier alpha value is -0.915. The summed E-state index contributed by atoms with van der Waals surface area (Å²) in [6, 6.07) is 4.39. The highest BCUT2D eigenvalue weighted by molar-refractivity contribution is 6.32. The minimum atomic E-state index is 0.861. The summed E-state index contributed by atoms with van der Waals surface area (Å²) in [6.45, 7) is 2.97. The summed E-state index contributed by atoms with van der Waals surface area (Å²) in [5, 5.41) is 0. The van der Waals surface area contributed by atoms with Crippen LogP contribution in [0.5, 0.6) is 5.75 Å². The van der Waals surface area contributed by atoms with Crippen LogP contribution in [-0.4, -0.2) is 14.5 Å². The maximum Gasteiger partial charge on any atom is 0.139 e. The summed E-state index contributed by atoms with van der Waals surface area (Å²) in [7, 11) is 2.13. The van der Waals surface area contributed by atoms with Crippen molar-refractivity contribution in [3.8, 4) is 5.75 Å². The summed E-state index contributed by atoms with van der Waals surface area (Å²) in [6.07, 6.45) is 1.08. The molecule has 1 aliphatic rings. The molecule has 11 heavy (non-hydrogen) atoms. The second-order valence-corrected chi connectivity index (χ2v) is 3.17. The van der Waals surface area contributed by atoms with Crippen molar-refractivity contribution in [1.29, 1.82) is 0 Å². The van der Waals surface area contributed by atoms with Gasteiger partial charge in [-0.15, -0.1) is 0 Å². The molecule has 2 heteroatoms. The monoisotopic (exact) mass is 146 g/mol. The third-order valence-electron chi connectivity index (χ3n) is 2.11. The van der Waals surface area contributed by atoms with Crippen LogP contribution in [0.15, 0.2) is 12.1 Å². The number of hydrogen-bond acceptors (Lipinski definition) is 1. The maximum atomic E-state index is 5.48. The molecule has 1 aromatic rings. The standard InChI is InChI=1S/C9H11BO/c1-6-4-8(10)5-7-2-3-11-9(6)7/h4-5H,2-3,10H2,1H3. The molecule has 0 amide bonds. The molecule has 2 rings (SSSR count). The molecule has 0 aliphatic carbocycles. The van der Waals surface area contributed by atoms with Crippen LogP contribution in [0.25, 0.3) is 0 Å². The highest BCUT2D eigenvalue weighted by Gasteiger charge is 2.13. The van der Waals surface area contributed by atoms with Crippen molar-refractivity contribution in [2.45, 2.75) is 13.3 Å². The smallest absolute Gasteiger partial charge is 0.139 e. The van der Waals surface area contributed by atoms with E-state index in [9.17, 15) is 0 Å². The lowest BCUT2D eigenvalue weighted by molar-refractivity contribution is 0.354. The number of benzene rings is 1. The molecule has 1 heterocycles. The molecule has 56 valence electrons. The van der Waals surface area contributed by atoms with E-state index in [2.05, 4.69) is 26.9 Å². The van der Waals surface area contributed by atoms with Gasteiger partial charge in [-0.05, 0) is 18.1 Å². The molecule has 0 spiro atoms. The Morgan fingerprint density at radius 1 is 1.45 bits per heavy atom. The average Bonchev–Trinajstić information content (AvgIpc) is 2.34. The van der Waals surface area contributed by atoms with Gasteiger partial charge in [-0.2, -0.15) is 0 Å². The molecule has 1 aromatic carbocycles. The molecule has 0 aromatic heterocycles. The fraction of sp³-hybridized carbons (Fsp3) is 0.333. The van der Waals surface area contributed by atoms with E-state index in [1.807, 2.05) is 0 Å². The van der Waals surface area contributed by atoms with Crippen molar-refractivity contribution >= 4 is 13.3 Å². The van der Waals surface area contributed by atoms with Crippen LogP contribution in [0.3, 0.4) is 0 Å². The first kappa shape index (κ1) is 6.77. The van der Waals surface area contributed by atoms with E-state index in [1.165, 1.54) is 16.6 Å². The zero-order chi connectivity index (χ0) is 7.84. The van der Waals surface area contributed by atoms with Gasteiger partial charge in [-0.25, -0.2) is 0 Å². The molecular weight excluding hydrogens is 135 g/mol. The van der Waals surface area contributed by atoms with E-state index in [0.29, 0.717) is 0 Å². The molecule has 0 fully saturated rings. The third kappa shape index (κ3) is 1.03. The van der Waals surface area contributed by atoms with Crippen molar-refractivity contribution < 1.29 is 4.74 Å². The zero-order valence-corrected chi connectivity index (χ0v) is 6.98. The van der Waals surface area contributed by atoms with Gasteiger partial charge in [-0.1, -0.05) is 17.6 Å². The van der Waals surface area contributed by atoms with Gasteiger partial charge in [-0.3, -0.25) is 0 Å². The fourth-order valence-electron chi connectivity index (χ4n) is 1.70. The molecule has 1 aliphatic heterocycles. The Kier molecular flexibility index (Phi) is 1.41. The van der Waals surface area contributed by atoms with Gasteiger partial charge >= 0.3 is 0 Å². The largest absolute Gasteiger partial charge is 0.493 e. The number of ether oxygens (including phenoxy) is 1. The van der Waals surface area contributed by atoms with E-state index < -0.39 is 0 Å². The van der Waals surface area contributed by atoms with E-state index in [1.54, 1.807) is 0 Å². The summed E-state index contributed by atoms with van der Waals surface area (Å²) < 4.78 is 5.48. The summed E-state index contributed by atoms with van der Waals surface area (Å²) >= 11 is 0. The number of fused-ring (bicyclic) bond motifs is 1. The predicted octanol–water partition coefficient (Wildman–Crippen LogP) is 0.188. The van der Waals surface area contributed by atoms with Gasteiger partial charge in [0.2, 0.25) is 0 Å². The Labute approximate surface area is 67.8 Å². The molecule has 0 unspecified atom stereocenters. The first-order valence-electron chi connectivity index (χ1n) is 4.00. The molecular formula is C9H11BO. The number of hydrogen-bond donors (Lipinski definition) is 0. The molecule has 0 N–H and O–H groups in total. The average molecular weight is 146 g/mol. The highest BCUT2D eigenvalue weighted by Crippen LogP contribution is 2.27. The van der Waals surface area contributed by atoms with Crippen LogP contribution in [0, 0.1) is 6.92 Å². The van der Waals surface area contributed by atoms with E-state index in [-0.39, 0.29) is 0 Å². The normalized spacial score (nSPS) is 14.3. The van der Waals surface area contributed by atoms with Crippen molar-refractivity contribution in [3.63, 3.8) is 0 Å². The second-order valence-electron chi connectivity index (χ2n) is 3.17. The minimum Gasteiger partial charge on any atom is -0.493 e. The van der Waals surface area contributed by atoms with Crippen LogP contribution in [0.1, 0.15) is 11.1 Å². The predicted molar refractivity (Wildman–Crippen MR) is 48.6 cm³/mol. The second kappa shape index (κ2) is 2.30. The Balaban J connectivity index is 2.60. The van der Waals surface area contributed by atoms with Gasteiger partial charge in [0, 0.05) is 6.42 Å². The first-order valence-corrected chi connectivity index (χ1v) is 4.00. The lowest BCUT2D eigenvalue weighted by atomic mass is 9.91. The first-order chi connectivity index (χ1) is 5.27. The Morgan fingerprint density at radius 2 is 2.27 bits per heavy atom. The molecule has 1 nitrogen and oxygen atoms in total. The third-order valence-corrected chi connectivity index (χ3v) is 2.11. The SMILES string of the molecule is Bc1cc(C)c2c(c1)CCO2. The molecule has 0 saturated heterocycles. The fourth-order valence-corrected chi connectivity index (χ4v) is 1.70. The number of aryl methyl sites for hydroxylation is 1. The van der Waals surface area contributed by atoms with Gasteiger partial charge in [0.15, 0.2) is 0 Å². The molecule has 0 saturated carbocycles. The van der Waals surface area contributed by atoms with Crippen LogP contribution in [0.2, 0.25) is 0 Å². The van der Waals surface area contributed by atoms with Crippen molar-refractivity contribution in [3.05, 3.63) is 23.3 Å². The molecule has 0 radical (unpaired) electrons. The minimum absolute atomic E-state index is 0.861. The van der Waals surface area contributed by atoms with Crippen LogP contribution in [0.4, 0.5) is 0 Å². The quantitative estimate of drug-likeness (QED) is 0.474. The van der Waals surface area contributed by atoms with Crippen LogP contribution >= 0.6 is 0 Å². The van der Waals surface area contributed by atoms with Crippen LogP contribution in [-0.2, 0) is 6.42 Å². The number of rotatable bonds is 0. The summed E-state index contributed by atoms with van der Waals surface area (Å²) in [5.74, 6) is 1.12. The topological polar surface area (TPSA) is 9.23 Å².